The molecule has 1 fully saturated rings. The van der Waals surface area contributed by atoms with Crippen LogP contribution in [0.1, 0.15) is 31.6 Å². The highest BCUT2D eigenvalue weighted by Gasteiger charge is 2.32. The molecular formula is C13H19NO5S2. The maximum absolute atomic E-state index is 12.3. The number of hydrogen-bond acceptors (Lipinski definition) is 5. The van der Waals surface area contributed by atoms with Crippen LogP contribution in [0.3, 0.4) is 0 Å². The van der Waals surface area contributed by atoms with Gasteiger partial charge in [0.05, 0.1) is 12.0 Å². The van der Waals surface area contributed by atoms with Crippen LogP contribution in [-0.2, 0) is 26.0 Å². The summed E-state index contributed by atoms with van der Waals surface area (Å²) in [4.78, 5) is 11.2. The van der Waals surface area contributed by atoms with E-state index in [-0.39, 0.29) is 22.3 Å². The lowest BCUT2D eigenvalue weighted by molar-refractivity contribution is -0.136. The standard InChI is InChI=1S/C13H19NO5S2/c1-13(2)8-9(5-6-19-13)14-21(17,18)12-4-3-10(20-12)7-11(15)16/h3-4,9,14H,5-8H2,1-2H3,(H,15,16). The Kier molecular flexibility index (Phi) is 4.72. The molecular weight excluding hydrogens is 314 g/mol. The Morgan fingerprint density at radius 1 is 1.52 bits per heavy atom. The maximum atomic E-state index is 12.3. The van der Waals surface area contributed by atoms with Gasteiger partial charge in [0.25, 0.3) is 0 Å². The number of carbonyl (C=O) groups is 1. The van der Waals surface area contributed by atoms with E-state index in [0.717, 1.165) is 11.3 Å². The third kappa shape index (κ3) is 4.50. The molecule has 21 heavy (non-hydrogen) atoms. The molecule has 0 bridgehead atoms. The minimum absolute atomic E-state index is 0.156. The van der Waals surface area contributed by atoms with Crippen molar-refractivity contribution in [3.63, 3.8) is 0 Å². The lowest BCUT2D eigenvalue weighted by atomic mass is 9.95. The van der Waals surface area contributed by atoms with Crippen molar-refractivity contribution < 1.29 is 23.1 Å². The van der Waals surface area contributed by atoms with E-state index in [4.69, 9.17) is 9.84 Å². The number of rotatable bonds is 5. The molecule has 1 aromatic rings. The number of sulfonamides is 1. The zero-order chi connectivity index (χ0) is 15.7. The predicted molar refractivity (Wildman–Crippen MR) is 79.0 cm³/mol. The number of hydrogen-bond donors (Lipinski definition) is 2. The molecule has 0 spiro atoms. The van der Waals surface area contributed by atoms with Crippen molar-refractivity contribution >= 4 is 27.3 Å². The van der Waals surface area contributed by atoms with Crippen molar-refractivity contribution in [3.8, 4) is 0 Å². The minimum atomic E-state index is -3.61. The van der Waals surface area contributed by atoms with Crippen molar-refractivity contribution in [2.75, 3.05) is 6.61 Å². The smallest absolute Gasteiger partial charge is 0.308 e. The molecule has 1 atom stereocenters. The van der Waals surface area contributed by atoms with Crippen molar-refractivity contribution in [2.24, 2.45) is 0 Å². The van der Waals surface area contributed by atoms with Gasteiger partial charge in [-0.25, -0.2) is 13.1 Å². The Labute approximate surface area is 128 Å². The van der Waals surface area contributed by atoms with E-state index in [0.29, 0.717) is 24.3 Å². The molecule has 0 aliphatic carbocycles. The summed E-state index contributed by atoms with van der Waals surface area (Å²) < 4.78 is 33.1. The fourth-order valence-electron chi connectivity index (χ4n) is 2.36. The Morgan fingerprint density at radius 3 is 2.86 bits per heavy atom. The van der Waals surface area contributed by atoms with Crippen molar-refractivity contribution in [3.05, 3.63) is 17.0 Å². The quantitative estimate of drug-likeness (QED) is 0.854. The normalized spacial score (nSPS) is 22.1. The first kappa shape index (κ1) is 16.4. The van der Waals surface area contributed by atoms with Crippen molar-refractivity contribution in [1.82, 2.24) is 4.72 Å². The molecule has 1 unspecified atom stereocenters. The predicted octanol–water partition coefficient (Wildman–Crippen LogP) is 1.61. The van der Waals surface area contributed by atoms with E-state index in [9.17, 15) is 13.2 Å². The van der Waals surface area contributed by atoms with Gasteiger partial charge in [-0.1, -0.05) is 0 Å². The van der Waals surface area contributed by atoms with E-state index in [1.54, 1.807) is 6.07 Å². The summed E-state index contributed by atoms with van der Waals surface area (Å²) in [5.74, 6) is -0.972. The second-order valence-corrected chi connectivity index (χ2v) is 8.82. The van der Waals surface area contributed by atoms with Crippen molar-refractivity contribution in [2.45, 2.75) is 49.0 Å². The van der Waals surface area contributed by atoms with Crippen LogP contribution in [0.2, 0.25) is 0 Å². The van der Waals surface area contributed by atoms with Crippen LogP contribution in [0.15, 0.2) is 16.3 Å². The van der Waals surface area contributed by atoms with Crippen LogP contribution in [0, 0.1) is 0 Å². The van der Waals surface area contributed by atoms with E-state index in [2.05, 4.69) is 4.72 Å². The average Bonchev–Trinajstić information content (AvgIpc) is 2.75. The second-order valence-electron chi connectivity index (χ2n) is 5.71. The van der Waals surface area contributed by atoms with Crippen LogP contribution in [0.25, 0.3) is 0 Å². The molecule has 2 heterocycles. The topological polar surface area (TPSA) is 92.7 Å². The molecule has 2 N–H and O–H groups in total. The molecule has 6 nitrogen and oxygen atoms in total. The molecule has 0 amide bonds. The first-order chi connectivity index (χ1) is 9.68. The number of thiophene rings is 1. The summed E-state index contributed by atoms with van der Waals surface area (Å²) in [6, 6.07) is 2.83. The summed E-state index contributed by atoms with van der Waals surface area (Å²) in [5, 5.41) is 8.73. The Hall–Kier alpha value is -0.960. The third-order valence-corrected chi connectivity index (χ3v) is 6.34. The zero-order valence-electron chi connectivity index (χ0n) is 12.0. The van der Waals surface area contributed by atoms with Crippen LogP contribution in [-0.4, -0.2) is 37.7 Å². The molecule has 1 aliphatic heterocycles. The van der Waals surface area contributed by atoms with E-state index < -0.39 is 16.0 Å². The molecule has 1 saturated heterocycles. The number of carboxylic acid groups (broad SMARTS) is 1. The van der Waals surface area contributed by atoms with Crippen LogP contribution < -0.4 is 4.72 Å². The lowest BCUT2D eigenvalue weighted by Crippen LogP contribution is -2.45. The van der Waals surface area contributed by atoms with Gasteiger partial charge in [0.2, 0.25) is 10.0 Å². The maximum Gasteiger partial charge on any atom is 0.308 e. The molecule has 0 radical (unpaired) electrons. The van der Waals surface area contributed by atoms with Crippen LogP contribution in [0.5, 0.6) is 0 Å². The summed E-state index contributed by atoms with van der Waals surface area (Å²) in [7, 11) is -3.61. The highest BCUT2D eigenvalue weighted by molar-refractivity contribution is 7.91. The van der Waals surface area contributed by atoms with Crippen LogP contribution in [0.4, 0.5) is 0 Å². The first-order valence-electron chi connectivity index (χ1n) is 6.65. The summed E-state index contributed by atoms with van der Waals surface area (Å²) >= 11 is 0.994. The molecule has 8 heteroatoms. The molecule has 0 saturated carbocycles. The van der Waals surface area contributed by atoms with E-state index in [1.807, 2.05) is 13.8 Å². The summed E-state index contributed by atoms with van der Waals surface area (Å²) in [6.45, 7) is 4.39. The summed E-state index contributed by atoms with van der Waals surface area (Å²) in [5.41, 5.74) is -0.338. The Bertz CT molecular complexity index is 620. The number of carboxylic acids is 1. The summed E-state index contributed by atoms with van der Waals surface area (Å²) in [6.07, 6.45) is 1.08. The van der Waals surface area contributed by atoms with Gasteiger partial charge in [0.1, 0.15) is 4.21 Å². The van der Waals surface area contributed by atoms with Gasteiger partial charge in [-0.05, 0) is 38.8 Å². The van der Waals surface area contributed by atoms with Gasteiger partial charge in [-0.3, -0.25) is 4.79 Å². The molecule has 0 aromatic carbocycles. The molecule has 2 rings (SSSR count). The zero-order valence-corrected chi connectivity index (χ0v) is 13.6. The molecule has 1 aliphatic rings. The fraction of sp³-hybridized carbons (Fsp3) is 0.615. The van der Waals surface area contributed by atoms with Gasteiger partial charge in [-0.15, -0.1) is 11.3 Å². The van der Waals surface area contributed by atoms with E-state index >= 15 is 0 Å². The number of nitrogens with one attached hydrogen (secondary N) is 1. The monoisotopic (exact) mass is 333 g/mol. The number of ether oxygens (including phenoxy) is 1. The average molecular weight is 333 g/mol. The van der Waals surface area contributed by atoms with Gasteiger partial charge in [0, 0.05) is 17.5 Å². The van der Waals surface area contributed by atoms with Crippen LogP contribution >= 0.6 is 11.3 Å². The highest BCUT2D eigenvalue weighted by Crippen LogP contribution is 2.27. The van der Waals surface area contributed by atoms with Gasteiger partial charge in [-0.2, -0.15) is 0 Å². The fourth-order valence-corrected chi connectivity index (χ4v) is 4.99. The molecule has 1 aromatic heterocycles. The Balaban J connectivity index is 2.07. The molecule has 118 valence electrons. The van der Waals surface area contributed by atoms with Gasteiger partial charge in [0.15, 0.2) is 0 Å². The van der Waals surface area contributed by atoms with Crippen molar-refractivity contribution in [1.29, 1.82) is 0 Å². The van der Waals surface area contributed by atoms with E-state index in [1.165, 1.54) is 6.07 Å². The minimum Gasteiger partial charge on any atom is -0.481 e. The lowest BCUT2D eigenvalue weighted by Gasteiger charge is -2.35. The third-order valence-electron chi connectivity index (χ3n) is 3.25. The Morgan fingerprint density at radius 2 is 2.24 bits per heavy atom. The number of aliphatic carboxylic acids is 1. The second kappa shape index (κ2) is 6.04. The SMILES string of the molecule is CC1(C)CC(NS(=O)(=O)c2ccc(CC(=O)O)s2)CCO1. The first-order valence-corrected chi connectivity index (χ1v) is 8.95. The largest absolute Gasteiger partial charge is 0.481 e. The highest BCUT2D eigenvalue weighted by atomic mass is 32.2. The van der Waals surface area contributed by atoms with Gasteiger partial charge < -0.3 is 9.84 Å². The van der Waals surface area contributed by atoms with Gasteiger partial charge >= 0.3 is 5.97 Å².